The maximum absolute atomic E-state index is 12.1. The molecule has 2 rings (SSSR count). The van der Waals surface area contributed by atoms with Crippen LogP contribution in [0.5, 0.6) is 0 Å². The molecule has 0 bridgehead atoms. The number of halogens is 1. The van der Waals surface area contributed by atoms with Gasteiger partial charge >= 0.3 is 5.97 Å². The first-order valence-corrected chi connectivity index (χ1v) is 6.41. The summed E-state index contributed by atoms with van der Waals surface area (Å²) in [6.45, 7) is 2.01. The van der Waals surface area contributed by atoms with Crippen LogP contribution < -0.4 is 0 Å². The van der Waals surface area contributed by atoms with Crippen molar-refractivity contribution in [2.45, 2.75) is 13.3 Å². The maximum atomic E-state index is 12.1. The monoisotopic (exact) mass is 342 g/mol. The molecule has 0 radical (unpaired) electrons. The van der Waals surface area contributed by atoms with E-state index in [0.717, 1.165) is 9.13 Å². The third-order valence-corrected chi connectivity index (χ3v) is 3.25. The summed E-state index contributed by atoms with van der Waals surface area (Å²) >= 11 is 2.15. The summed E-state index contributed by atoms with van der Waals surface area (Å²) in [4.78, 5) is 23.7. The van der Waals surface area contributed by atoms with Crippen molar-refractivity contribution in [1.29, 1.82) is 0 Å². The van der Waals surface area contributed by atoms with Crippen LogP contribution in [-0.4, -0.2) is 18.4 Å². The van der Waals surface area contributed by atoms with E-state index in [4.69, 9.17) is 4.74 Å². The van der Waals surface area contributed by atoms with E-state index in [2.05, 4.69) is 22.6 Å². The largest absolute Gasteiger partial charge is 0.462 e. The van der Waals surface area contributed by atoms with Crippen molar-refractivity contribution < 1.29 is 14.3 Å². The Morgan fingerprint density at radius 2 is 2.24 bits per heavy atom. The molecule has 0 saturated carbocycles. The second-order valence-electron chi connectivity index (χ2n) is 3.67. The lowest BCUT2D eigenvalue weighted by atomic mass is 9.90. The molecular formula is C13H11IO3. The van der Waals surface area contributed by atoms with Crippen LogP contribution in [0, 0.1) is 3.57 Å². The molecule has 0 aliphatic heterocycles. The van der Waals surface area contributed by atoms with E-state index in [-0.39, 0.29) is 18.0 Å². The number of allylic oxidation sites excluding steroid dienone is 1. The summed E-state index contributed by atoms with van der Waals surface area (Å²) in [5, 5.41) is 0. The molecule has 1 aromatic carbocycles. The minimum atomic E-state index is -0.526. The smallest absolute Gasteiger partial charge is 0.341 e. The number of hydrogen-bond donors (Lipinski definition) is 0. The van der Waals surface area contributed by atoms with E-state index < -0.39 is 5.97 Å². The summed E-state index contributed by atoms with van der Waals surface area (Å²) < 4.78 is 5.85. The molecule has 0 aromatic heterocycles. The van der Waals surface area contributed by atoms with Crippen LogP contribution in [0.25, 0.3) is 0 Å². The van der Waals surface area contributed by atoms with E-state index in [9.17, 15) is 9.59 Å². The molecular weight excluding hydrogens is 331 g/mol. The van der Waals surface area contributed by atoms with E-state index in [1.54, 1.807) is 13.0 Å². The molecule has 0 amide bonds. The molecule has 0 N–H and O–H groups in total. The van der Waals surface area contributed by atoms with E-state index in [1.165, 1.54) is 0 Å². The van der Waals surface area contributed by atoms with Crippen molar-refractivity contribution >= 4 is 34.3 Å². The fraction of sp³-hybridized carbons (Fsp3) is 0.231. The van der Waals surface area contributed by atoms with Crippen molar-refractivity contribution in [3.63, 3.8) is 0 Å². The first kappa shape index (κ1) is 12.3. The topological polar surface area (TPSA) is 43.4 Å². The number of carbonyl (C=O) groups excluding carboxylic acids is 2. The van der Waals surface area contributed by atoms with Crippen molar-refractivity contribution in [3.8, 4) is 0 Å². The van der Waals surface area contributed by atoms with Crippen molar-refractivity contribution in [1.82, 2.24) is 0 Å². The van der Waals surface area contributed by atoms with Gasteiger partial charge < -0.3 is 4.74 Å². The predicted molar refractivity (Wildman–Crippen MR) is 71.9 cm³/mol. The Morgan fingerprint density at radius 3 is 2.94 bits per heavy atom. The predicted octanol–water partition coefficient (Wildman–Crippen LogP) is 2.52. The van der Waals surface area contributed by atoms with Crippen LogP contribution in [0.1, 0.15) is 22.8 Å². The lowest BCUT2D eigenvalue weighted by Crippen LogP contribution is -2.20. The fourth-order valence-electron chi connectivity index (χ4n) is 1.77. The van der Waals surface area contributed by atoms with Crippen LogP contribution in [0.2, 0.25) is 0 Å². The van der Waals surface area contributed by atoms with Gasteiger partial charge in [0, 0.05) is 9.13 Å². The molecule has 3 nitrogen and oxygen atoms in total. The first-order chi connectivity index (χ1) is 8.13. The third-order valence-electron chi connectivity index (χ3n) is 2.58. The molecule has 1 aliphatic carbocycles. The van der Waals surface area contributed by atoms with Crippen LogP contribution in [0.4, 0.5) is 0 Å². The summed E-state index contributed by atoms with van der Waals surface area (Å²) in [5.41, 5.74) is 1.73. The molecule has 88 valence electrons. The molecule has 17 heavy (non-hydrogen) atoms. The van der Waals surface area contributed by atoms with Gasteiger partial charge in [-0.25, -0.2) is 4.79 Å². The first-order valence-electron chi connectivity index (χ1n) is 5.34. The van der Waals surface area contributed by atoms with Gasteiger partial charge in [0.25, 0.3) is 0 Å². The van der Waals surface area contributed by atoms with Gasteiger partial charge in [-0.15, -0.1) is 0 Å². The fourth-order valence-corrected chi connectivity index (χ4v) is 2.26. The Hall–Kier alpha value is -1.17. The number of esters is 1. The number of Topliss-reactive ketones (excluding diaryl/α,β-unsaturated/α-hetero) is 1. The number of carbonyl (C=O) groups is 2. The number of hydrogen-bond acceptors (Lipinski definition) is 3. The average molecular weight is 342 g/mol. The van der Waals surface area contributed by atoms with Crippen LogP contribution in [0.3, 0.4) is 0 Å². The Kier molecular flexibility index (Phi) is 3.61. The van der Waals surface area contributed by atoms with Crippen LogP contribution in [0.15, 0.2) is 29.8 Å². The summed E-state index contributed by atoms with van der Waals surface area (Å²) in [5.74, 6) is -0.759. The minimum absolute atomic E-state index is 0.154. The highest BCUT2D eigenvalue weighted by Crippen LogP contribution is 2.23. The van der Waals surface area contributed by atoms with Gasteiger partial charge in [-0.2, -0.15) is 0 Å². The molecule has 0 unspecified atom stereocenters. The van der Waals surface area contributed by atoms with Gasteiger partial charge in [0.15, 0.2) is 5.78 Å². The lowest BCUT2D eigenvalue weighted by Gasteiger charge is -2.15. The normalized spacial score (nSPS) is 14.0. The number of fused-ring (bicyclic) bond motifs is 1. The second-order valence-corrected chi connectivity index (χ2v) is 4.92. The Balaban J connectivity index is 2.35. The van der Waals surface area contributed by atoms with Gasteiger partial charge in [-0.3, -0.25) is 4.79 Å². The lowest BCUT2D eigenvalue weighted by molar-refractivity contribution is -0.138. The van der Waals surface area contributed by atoms with Crippen LogP contribution >= 0.6 is 22.6 Å². The number of benzene rings is 1. The van der Waals surface area contributed by atoms with Gasteiger partial charge in [0.2, 0.25) is 0 Å². The average Bonchev–Trinajstić information content (AvgIpc) is 2.30. The Labute approximate surface area is 113 Å². The molecule has 0 saturated heterocycles. The minimum Gasteiger partial charge on any atom is -0.462 e. The van der Waals surface area contributed by atoms with Gasteiger partial charge in [0.1, 0.15) is 5.57 Å². The van der Waals surface area contributed by atoms with E-state index >= 15 is 0 Å². The number of ether oxygens (including phenoxy) is 1. The SMILES string of the molecule is CCOC(=O)C1=CCc2ccc(I)cc2C1=O. The zero-order valence-electron chi connectivity index (χ0n) is 9.33. The molecule has 1 aliphatic rings. The van der Waals surface area contributed by atoms with Gasteiger partial charge in [-0.05, 0) is 53.6 Å². The standard InChI is InChI=1S/C13H11IO3/c1-2-17-13(16)10-6-4-8-3-5-9(14)7-11(8)12(10)15/h3,5-7H,2,4H2,1H3. The number of rotatable bonds is 2. The molecule has 1 aromatic rings. The highest BCUT2D eigenvalue weighted by molar-refractivity contribution is 14.1. The highest BCUT2D eigenvalue weighted by Gasteiger charge is 2.26. The zero-order chi connectivity index (χ0) is 12.4. The quantitative estimate of drug-likeness (QED) is 0.471. The second kappa shape index (κ2) is 5.00. The van der Waals surface area contributed by atoms with Gasteiger partial charge in [-0.1, -0.05) is 12.1 Å². The summed E-state index contributed by atoms with van der Waals surface area (Å²) in [7, 11) is 0. The maximum Gasteiger partial charge on any atom is 0.341 e. The van der Waals surface area contributed by atoms with Crippen LogP contribution in [-0.2, 0) is 16.0 Å². The van der Waals surface area contributed by atoms with E-state index in [1.807, 2.05) is 18.2 Å². The van der Waals surface area contributed by atoms with Gasteiger partial charge in [0.05, 0.1) is 6.61 Å². The van der Waals surface area contributed by atoms with Crippen molar-refractivity contribution in [3.05, 3.63) is 44.5 Å². The Bertz CT molecular complexity index is 517. The van der Waals surface area contributed by atoms with E-state index in [0.29, 0.717) is 12.0 Å². The van der Waals surface area contributed by atoms with Crippen molar-refractivity contribution in [2.24, 2.45) is 0 Å². The Morgan fingerprint density at radius 1 is 1.47 bits per heavy atom. The summed E-state index contributed by atoms with van der Waals surface area (Å²) in [6, 6.07) is 5.69. The third kappa shape index (κ3) is 2.41. The molecule has 4 heteroatoms. The number of ketones is 1. The zero-order valence-corrected chi connectivity index (χ0v) is 11.5. The molecule has 0 heterocycles. The molecule has 0 atom stereocenters. The molecule has 0 fully saturated rings. The van der Waals surface area contributed by atoms with Crippen molar-refractivity contribution in [2.75, 3.05) is 6.61 Å². The summed E-state index contributed by atoms with van der Waals surface area (Å²) in [6.07, 6.45) is 2.25. The highest BCUT2D eigenvalue weighted by atomic mass is 127. The molecule has 0 spiro atoms.